The molecule has 8 heteroatoms. The van der Waals surface area contributed by atoms with Gasteiger partial charge in [-0.2, -0.15) is 0 Å². The molecule has 4 rings (SSSR count). The standard InChI is InChI=1S/C27H19BrCl2N2O2S/c1-4-11-34-24-10-7-19(28)12-18(24)13-25-26(33)32(21-9-6-17(3)23(30)15-21)27(35-25)31-20-8-5-16(2)22(29)14-20/h1,5-10,12-15H,11H2,2-3H3/b25-13+,31-27?. The number of carbonyl (C=O) groups excluding carboxylic acids is 1. The van der Waals surface area contributed by atoms with Gasteiger partial charge in [-0.25, -0.2) is 4.99 Å². The van der Waals surface area contributed by atoms with Crippen LogP contribution in [0, 0.1) is 26.2 Å². The molecule has 1 aliphatic rings. The molecule has 4 nitrogen and oxygen atoms in total. The first-order chi connectivity index (χ1) is 16.8. The Bertz CT molecular complexity index is 1430. The zero-order valence-electron chi connectivity index (χ0n) is 18.8. The van der Waals surface area contributed by atoms with E-state index >= 15 is 0 Å². The van der Waals surface area contributed by atoms with Gasteiger partial charge in [-0.15, -0.1) is 6.42 Å². The van der Waals surface area contributed by atoms with Gasteiger partial charge in [0.05, 0.1) is 16.3 Å². The summed E-state index contributed by atoms with van der Waals surface area (Å²) in [6.45, 7) is 3.95. The molecule has 0 aromatic heterocycles. The first kappa shape index (κ1) is 25.4. The molecule has 1 fully saturated rings. The second-order valence-corrected chi connectivity index (χ2v) is 10.4. The fourth-order valence-electron chi connectivity index (χ4n) is 3.28. The minimum atomic E-state index is -0.227. The molecule has 35 heavy (non-hydrogen) atoms. The molecular weight excluding hydrogens is 567 g/mol. The van der Waals surface area contributed by atoms with Crippen molar-refractivity contribution in [2.24, 2.45) is 4.99 Å². The van der Waals surface area contributed by atoms with Crippen LogP contribution >= 0.6 is 50.9 Å². The molecule has 0 aliphatic carbocycles. The van der Waals surface area contributed by atoms with Gasteiger partial charge in [-0.3, -0.25) is 9.69 Å². The number of halogens is 3. The average Bonchev–Trinajstić information content (AvgIpc) is 3.12. The van der Waals surface area contributed by atoms with Crippen LogP contribution in [0.2, 0.25) is 10.0 Å². The molecule has 0 unspecified atom stereocenters. The summed E-state index contributed by atoms with van der Waals surface area (Å²) in [5.74, 6) is 2.81. The number of aryl methyl sites for hydroxylation is 2. The molecule has 3 aromatic carbocycles. The van der Waals surface area contributed by atoms with Crippen LogP contribution in [0.5, 0.6) is 5.75 Å². The number of hydrogen-bond acceptors (Lipinski definition) is 4. The summed E-state index contributed by atoms with van der Waals surface area (Å²) < 4.78 is 6.52. The van der Waals surface area contributed by atoms with Crippen LogP contribution in [0.3, 0.4) is 0 Å². The zero-order valence-corrected chi connectivity index (χ0v) is 22.7. The van der Waals surface area contributed by atoms with Crippen LogP contribution < -0.4 is 9.64 Å². The Morgan fingerprint density at radius 3 is 2.49 bits per heavy atom. The molecule has 0 saturated carbocycles. The molecule has 0 N–H and O–H groups in total. The smallest absolute Gasteiger partial charge is 0.271 e. The van der Waals surface area contributed by atoms with E-state index in [1.165, 1.54) is 11.8 Å². The lowest BCUT2D eigenvalue weighted by atomic mass is 10.1. The lowest BCUT2D eigenvalue weighted by Crippen LogP contribution is -2.28. The fraction of sp³-hybridized carbons (Fsp3) is 0.111. The van der Waals surface area contributed by atoms with Gasteiger partial charge in [-0.05, 0) is 85.3 Å². The lowest BCUT2D eigenvalue weighted by Gasteiger charge is -2.16. The number of hydrogen-bond donors (Lipinski definition) is 0. The van der Waals surface area contributed by atoms with Crippen molar-refractivity contribution in [3.63, 3.8) is 0 Å². The minimum absolute atomic E-state index is 0.119. The molecule has 1 amide bonds. The first-order valence-corrected chi connectivity index (χ1v) is 12.8. The van der Waals surface area contributed by atoms with E-state index in [4.69, 9.17) is 39.4 Å². The Balaban J connectivity index is 1.82. The number of carbonyl (C=O) groups is 1. The summed E-state index contributed by atoms with van der Waals surface area (Å²) in [4.78, 5) is 20.4. The highest BCUT2D eigenvalue weighted by atomic mass is 79.9. The first-order valence-electron chi connectivity index (χ1n) is 10.5. The SMILES string of the molecule is C#CCOc1ccc(Br)cc1/C=C1/SC(=Nc2ccc(C)c(Cl)c2)N(c2ccc(C)c(Cl)c2)C1=O. The van der Waals surface area contributed by atoms with Gasteiger partial charge >= 0.3 is 0 Å². The third-order valence-electron chi connectivity index (χ3n) is 5.17. The van der Waals surface area contributed by atoms with E-state index < -0.39 is 0 Å². The van der Waals surface area contributed by atoms with E-state index in [2.05, 4.69) is 21.9 Å². The molecule has 176 valence electrons. The average molecular weight is 586 g/mol. The summed E-state index contributed by atoms with van der Waals surface area (Å²) in [7, 11) is 0. The van der Waals surface area contributed by atoms with Crippen molar-refractivity contribution in [2.75, 3.05) is 11.5 Å². The van der Waals surface area contributed by atoms with Crippen LogP contribution in [-0.4, -0.2) is 17.7 Å². The molecule has 0 atom stereocenters. The lowest BCUT2D eigenvalue weighted by molar-refractivity contribution is -0.113. The number of anilines is 1. The van der Waals surface area contributed by atoms with Crippen molar-refractivity contribution < 1.29 is 9.53 Å². The van der Waals surface area contributed by atoms with Crippen molar-refractivity contribution in [1.29, 1.82) is 0 Å². The van der Waals surface area contributed by atoms with Crippen molar-refractivity contribution in [1.82, 2.24) is 0 Å². The summed E-state index contributed by atoms with van der Waals surface area (Å²) in [5, 5.41) is 1.65. The van der Waals surface area contributed by atoms with Gasteiger partial charge in [0.2, 0.25) is 0 Å². The van der Waals surface area contributed by atoms with Crippen LogP contribution in [0.15, 0.2) is 69.0 Å². The predicted octanol–water partition coefficient (Wildman–Crippen LogP) is 8.19. The van der Waals surface area contributed by atoms with E-state index in [9.17, 15) is 4.79 Å². The fourth-order valence-corrected chi connectivity index (χ4v) is 5.00. The summed E-state index contributed by atoms with van der Waals surface area (Å²) in [6.07, 6.45) is 7.13. The van der Waals surface area contributed by atoms with E-state index in [0.717, 1.165) is 15.6 Å². The highest BCUT2D eigenvalue weighted by Gasteiger charge is 2.35. The zero-order chi connectivity index (χ0) is 25.1. The topological polar surface area (TPSA) is 41.9 Å². The molecule has 0 radical (unpaired) electrons. The maximum atomic E-state index is 13.6. The summed E-state index contributed by atoms with van der Waals surface area (Å²) in [6, 6.07) is 16.5. The monoisotopic (exact) mass is 584 g/mol. The second kappa shape index (κ2) is 10.9. The highest BCUT2D eigenvalue weighted by molar-refractivity contribution is 9.10. The van der Waals surface area contributed by atoms with Crippen molar-refractivity contribution in [2.45, 2.75) is 13.8 Å². The van der Waals surface area contributed by atoms with E-state index in [1.54, 1.807) is 29.2 Å². The van der Waals surface area contributed by atoms with Crippen LogP contribution in [0.4, 0.5) is 11.4 Å². The molecule has 1 saturated heterocycles. The number of ether oxygens (including phenoxy) is 1. The Morgan fingerprint density at radius 1 is 1.09 bits per heavy atom. The number of amidine groups is 1. The van der Waals surface area contributed by atoms with Gasteiger partial charge in [0.15, 0.2) is 5.17 Å². The quantitative estimate of drug-likeness (QED) is 0.224. The number of rotatable bonds is 5. The molecular formula is C27H19BrCl2N2O2S. The molecule has 0 spiro atoms. The second-order valence-electron chi connectivity index (χ2n) is 7.69. The highest BCUT2D eigenvalue weighted by Crippen LogP contribution is 2.40. The number of aliphatic imine (C=N–C) groups is 1. The van der Waals surface area contributed by atoms with E-state index in [1.807, 2.05) is 50.2 Å². The normalized spacial score (nSPS) is 15.7. The molecule has 1 aliphatic heterocycles. The number of amides is 1. The largest absolute Gasteiger partial charge is 0.480 e. The number of terminal acetylenes is 1. The van der Waals surface area contributed by atoms with Crippen LogP contribution in [0.1, 0.15) is 16.7 Å². The molecule has 0 bridgehead atoms. The third kappa shape index (κ3) is 5.76. The number of nitrogens with zero attached hydrogens (tertiary/aromatic N) is 2. The van der Waals surface area contributed by atoms with Gasteiger partial charge in [-0.1, -0.05) is 57.2 Å². The summed E-state index contributed by atoms with van der Waals surface area (Å²) in [5.41, 5.74) is 3.84. The van der Waals surface area contributed by atoms with Gasteiger partial charge in [0.25, 0.3) is 5.91 Å². The van der Waals surface area contributed by atoms with Crippen molar-refractivity contribution in [3.05, 3.63) is 90.7 Å². The molecule has 3 aromatic rings. The van der Waals surface area contributed by atoms with Crippen molar-refractivity contribution >= 4 is 79.4 Å². The van der Waals surface area contributed by atoms with Crippen LogP contribution in [-0.2, 0) is 4.79 Å². The van der Waals surface area contributed by atoms with Gasteiger partial charge < -0.3 is 4.74 Å². The van der Waals surface area contributed by atoms with E-state index in [0.29, 0.717) is 42.8 Å². The Hall–Kier alpha value is -2.69. The van der Waals surface area contributed by atoms with Gasteiger partial charge in [0.1, 0.15) is 12.4 Å². The Morgan fingerprint density at radius 2 is 1.80 bits per heavy atom. The van der Waals surface area contributed by atoms with Gasteiger partial charge in [0, 0.05) is 20.1 Å². The third-order valence-corrected chi connectivity index (χ3v) is 7.45. The number of thioether (sulfide) groups is 1. The summed E-state index contributed by atoms with van der Waals surface area (Å²) >= 11 is 17.4. The van der Waals surface area contributed by atoms with Crippen molar-refractivity contribution in [3.8, 4) is 18.1 Å². The van der Waals surface area contributed by atoms with Crippen LogP contribution in [0.25, 0.3) is 6.08 Å². The Labute approximate surface area is 227 Å². The number of benzene rings is 3. The predicted molar refractivity (Wildman–Crippen MR) is 151 cm³/mol. The molecule has 1 heterocycles. The maximum Gasteiger partial charge on any atom is 0.271 e. The Kier molecular flexibility index (Phi) is 7.93. The maximum absolute atomic E-state index is 13.6. The minimum Gasteiger partial charge on any atom is -0.480 e. The van der Waals surface area contributed by atoms with E-state index in [-0.39, 0.29) is 12.5 Å².